The first-order valence-electron chi connectivity index (χ1n) is 11.0. The van der Waals surface area contributed by atoms with E-state index in [0.717, 1.165) is 38.5 Å². The fraction of sp³-hybridized carbons (Fsp3) is 0.750. The number of Topliss-reactive ketones (excluding diaryl/α,β-unsaturated/α-hetero) is 6. The first kappa shape index (κ1) is 37.0. The summed E-state index contributed by atoms with van der Waals surface area (Å²) in [7, 11) is 0. The zero-order valence-electron chi connectivity index (χ0n) is 20.3. The Hall–Kier alpha value is -1.36. The van der Waals surface area contributed by atoms with Gasteiger partial charge >= 0.3 is 0 Å². The van der Waals surface area contributed by atoms with E-state index in [0.29, 0.717) is 19.3 Å². The van der Waals surface area contributed by atoms with Crippen LogP contribution in [0.15, 0.2) is 0 Å². The van der Waals surface area contributed by atoms with Crippen LogP contribution in [0.25, 0.3) is 0 Å². The fourth-order valence-electron chi connectivity index (χ4n) is 2.22. The molecule has 0 aromatic carbocycles. The summed E-state index contributed by atoms with van der Waals surface area (Å²) in [6, 6.07) is 0. The molecular formula is C24H42O6Ru. The number of unbranched alkanes of at least 4 members (excludes halogenated alkanes) is 3. The zero-order valence-corrected chi connectivity index (χ0v) is 22.0. The van der Waals surface area contributed by atoms with Crippen LogP contribution in [0, 0.1) is 0 Å². The Morgan fingerprint density at radius 3 is 0.774 bits per heavy atom. The second-order valence-corrected chi connectivity index (χ2v) is 7.56. The Kier molecular flexibility index (Phi) is 31.8. The van der Waals surface area contributed by atoms with Crippen molar-refractivity contribution in [3.8, 4) is 0 Å². The molecule has 0 saturated carbocycles. The van der Waals surface area contributed by atoms with Crippen LogP contribution in [0.3, 0.4) is 0 Å². The van der Waals surface area contributed by atoms with Crippen molar-refractivity contribution in [2.24, 2.45) is 0 Å². The Morgan fingerprint density at radius 2 is 0.645 bits per heavy atom. The molecule has 0 saturated heterocycles. The van der Waals surface area contributed by atoms with Crippen molar-refractivity contribution in [3.05, 3.63) is 0 Å². The quantitative estimate of drug-likeness (QED) is 0.215. The van der Waals surface area contributed by atoms with Gasteiger partial charge in [-0.1, -0.05) is 40.0 Å². The molecule has 182 valence electrons. The smallest absolute Gasteiger partial charge is 0.140 e. The molecule has 31 heavy (non-hydrogen) atoms. The van der Waals surface area contributed by atoms with Crippen LogP contribution in [0.5, 0.6) is 0 Å². The van der Waals surface area contributed by atoms with Gasteiger partial charge in [-0.3, -0.25) is 28.8 Å². The molecule has 0 bridgehead atoms. The van der Waals surface area contributed by atoms with Crippen LogP contribution in [-0.4, -0.2) is 34.7 Å². The zero-order chi connectivity index (χ0) is 23.9. The van der Waals surface area contributed by atoms with E-state index >= 15 is 0 Å². The van der Waals surface area contributed by atoms with Crippen LogP contribution in [0.4, 0.5) is 0 Å². The second-order valence-electron chi connectivity index (χ2n) is 7.56. The Bertz CT molecular complexity index is 464. The Morgan fingerprint density at radius 1 is 0.452 bits per heavy atom. The first-order valence-corrected chi connectivity index (χ1v) is 11.0. The molecule has 6 nitrogen and oxygen atoms in total. The molecule has 0 aromatic rings. The van der Waals surface area contributed by atoms with E-state index in [4.69, 9.17) is 0 Å². The number of hydrogen-bond donors (Lipinski definition) is 0. The van der Waals surface area contributed by atoms with Crippen molar-refractivity contribution < 1.29 is 48.2 Å². The van der Waals surface area contributed by atoms with Gasteiger partial charge in [0.15, 0.2) is 0 Å². The SMILES string of the molecule is CCCCC(=O)CC(C)=O.CCCCC(=O)CC(C)=O.CCCCC(=O)CC(C)=O.[Ru]. The molecule has 0 rings (SSSR count). The molecule has 0 spiro atoms. The van der Waals surface area contributed by atoms with Crippen LogP contribution in [0.2, 0.25) is 0 Å². The molecule has 0 aliphatic heterocycles. The van der Waals surface area contributed by atoms with E-state index < -0.39 is 0 Å². The summed E-state index contributed by atoms with van der Waals surface area (Å²) in [5, 5.41) is 0. The third kappa shape index (κ3) is 39.7. The minimum atomic E-state index is -0.0268. The second kappa shape index (κ2) is 26.7. The van der Waals surface area contributed by atoms with Crippen molar-refractivity contribution in [1.82, 2.24) is 0 Å². The third-order valence-electron chi connectivity index (χ3n) is 3.77. The maximum absolute atomic E-state index is 10.8. The van der Waals surface area contributed by atoms with Gasteiger partial charge in [0, 0.05) is 38.7 Å². The normalized spacial score (nSPS) is 9.10. The van der Waals surface area contributed by atoms with Gasteiger partial charge in [-0.25, -0.2) is 0 Å². The van der Waals surface area contributed by atoms with Gasteiger partial charge < -0.3 is 0 Å². The molecule has 0 aliphatic rings. The molecule has 0 atom stereocenters. The van der Waals surface area contributed by atoms with Gasteiger partial charge in [0.2, 0.25) is 0 Å². The molecule has 0 radical (unpaired) electrons. The molecule has 0 heterocycles. The number of carbonyl (C=O) groups excluding carboxylic acids is 6. The predicted molar refractivity (Wildman–Crippen MR) is 119 cm³/mol. The van der Waals surface area contributed by atoms with Crippen molar-refractivity contribution in [1.29, 1.82) is 0 Å². The van der Waals surface area contributed by atoms with Gasteiger partial charge in [-0.15, -0.1) is 0 Å². The predicted octanol–water partition coefficient (Wildman–Crippen LogP) is 5.17. The van der Waals surface area contributed by atoms with Crippen molar-refractivity contribution >= 4 is 34.7 Å². The minimum Gasteiger partial charge on any atom is -0.300 e. The van der Waals surface area contributed by atoms with Crippen LogP contribution in [0.1, 0.15) is 119 Å². The van der Waals surface area contributed by atoms with Crippen molar-refractivity contribution in [2.75, 3.05) is 0 Å². The average Bonchev–Trinajstić information content (AvgIpc) is 2.62. The molecule has 0 amide bonds. The standard InChI is InChI=1S/3C8H14O2.Ru/c3*1-3-4-5-8(10)6-7(2)9;/h3*3-6H2,1-2H3;. The Labute approximate surface area is 201 Å². The van der Waals surface area contributed by atoms with Crippen molar-refractivity contribution in [3.63, 3.8) is 0 Å². The van der Waals surface area contributed by atoms with Crippen LogP contribution >= 0.6 is 0 Å². The number of carbonyl (C=O) groups is 6. The van der Waals surface area contributed by atoms with Gasteiger partial charge in [0.1, 0.15) is 34.7 Å². The summed E-state index contributed by atoms with van der Waals surface area (Å²) in [4.78, 5) is 63.6. The van der Waals surface area contributed by atoms with Gasteiger partial charge in [0.25, 0.3) is 0 Å². The van der Waals surface area contributed by atoms with E-state index in [1.165, 1.54) is 20.8 Å². The number of rotatable bonds is 15. The van der Waals surface area contributed by atoms with E-state index in [2.05, 4.69) is 0 Å². The van der Waals surface area contributed by atoms with Crippen molar-refractivity contribution in [2.45, 2.75) is 119 Å². The number of hydrogen-bond acceptors (Lipinski definition) is 6. The topological polar surface area (TPSA) is 102 Å². The molecule has 7 heteroatoms. The molecule has 0 aromatic heterocycles. The van der Waals surface area contributed by atoms with Gasteiger partial charge in [-0.2, -0.15) is 0 Å². The molecule has 0 N–H and O–H groups in total. The monoisotopic (exact) mass is 528 g/mol. The summed E-state index contributed by atoms with van der Waals surface area (Å²) in [5.41, 5.74) is 0. The third-order valence-corrected chi connectivity index (χ3v) is 3.77. The van der Waals surface area contributed by atoms with Gasteiger partial charge in [-0.05, 0) is 40.0 Å². The summed E-state index contributed by atoms with van der Waals surface area (Å²) in [5.74, 6) is 0.154. The molecular weight excluding hydrogens is 485 g/mol. The van der Waals surface area contributed by atoms with E-state index in [1.54, 1.807) is 0 Å². The van der Waals surface area contributed by atoms with E-state index in [9.17, 15) is 28.8 Å². The Balaban J connectivity index is -0.000000174. The van der Waals surface area contributed by atoms with Crippen LogP contribution in [-0.2, 0) is 48.2 Å². The molecule has 0 unspecified atom stereocenters. The summed E-state index contributed by atoms with van der Waals surface area (Å²) < 4.78 is 0. The summed E-state index contributed by atoms with van der Waals surface area (Å²) in [6.45, 7) is 10.4. The minimum absolute atomic E-state index is 0. The average molecular weight is 528 g/mol. The summed E-state index contributed by atoms with van der Waals surface area (Å²) in [6.07, 6.45) is 7.85. The summed E-state index contributed by atoms with van der Waals surface area (Å²) >= 11 is 0. The van der Waals surface area contributed by atoms with E-state index in [1.807, 2.05) is 20.8 Å². The molecule has 0 fully saturated rings. The largest absolute Gasteiger partial charge is 0.300 e. The maximum atomic E-state index is 10.8. The molecule has 0 aliphatic carbocycles. The maximum Gasteiger partial charge on any atom is 0.140 e. The number of ketones is 6. The van der Waals surface area contributed by atoms with Gasteiger partial charge in [0.05, 0.1) is 19.3 Å². The first-order chi connectivity index (χ1) is 14.0. The van der Waals surface area contributed by atoms with E-state index in [-0.39, 0.29) is 73.4 Å². The van der Waals surface area contributed by atoms with Crippen LogP contribution < -0.4 is 0 Å². The fourth-order valence-corrected chi connectivity index (χ4v) is 2.22.